The van der Waals surface area contributed by atoms with Gasteiger partial charge in [-0.05, 0) is 29.8 Å². The predicted octanol–water partition coefficient (Wildman–Crippen LogP) is 2.84. The molecule has 0 radical (unpaired) electrons. The van der Waals surface area contributed by atoms with Crippen molar-refractivity contribution in [1.29, 1.82) is 0 Å². The molecule has 110 valence electrons. The van der Waals surface area contributed by atoms with Gasteiger partial charge < -0.3 is 19.3 Å². The van der Waals surface area contributed by atoms with Crippen LogP contribution in [0.15, 0.2) is 36.4 Å². The lowest BCUT2D eigenvalue weighted by atomic mass is 10.1. The molecule has 0 aliphatic carbocycles. The highest BCUT2D eigenvalue weighted by Gasteiger charge is 2.22. The molecule has 1 atom stereocenters. The van der Waals surface area contributed by atoms with Gasteiger partial charge in [0.15, 0.2) is 11.6 Å². The molecule has 0 spiro atoms. The summed E-state index contributed by atoms with van der Waals surface area (Å²) in [5.41, 5.74) is 1.47. The molecular weight excluding hydrogens is 275 g/mol. The topological polar surface area (TPSA) is 47.9 Å². The number of benzene rings is 2. The molecule has 3 rings (SSSR count). The van der Waals surface area contributed by atoms with Crippen LogP contribution in [-0.4, -0.2) is 18.8 Å². The van der Waals surface area contributed by atoms with Gasteiger partial charge in [-0.1, -0.05) is 6.07 Å². The minimum atomic E-state index is -0.579. The Hall–Kier alpha value is -2.27. The fourth-order valence-electron chi connectivity index (χ4n) is 2.23. The number of aliphatic hydroxyl groups excluding tert-OH is 1. The summed E-state index contributed by atoms with van der Waals surface area (Å²) in [6.45, 7) is 0.505. The fourth-order valence-corrected chi connectivity index (χ4v) is 2.23. The molecule has 0 fully saturated rings. The van der Waals surface area contributed by atoms with E-state index in [9.17, 15) is 9.50 Å². The summed E-state index contributed by atoms with van der Waals surface area (Å²) in [4.78, 5) is 0. The van der Waals surface area contributed by atoms with E-state index in [2.05, 4.69) is 0 Å². The molecule has 2 aromatic carbocycles. The Labute approximate surface area is 121 Å². The maximum Gasteiger partial charge on any atom is 0.165 e. The van der Waals surface area contributed by atoms with Crippen LogP contribution < -0.4 is 14.2 Å². The van der Waals surface area contributed by atoms with Crippen LogP contribution in [-0.2, 0) is 6.61 Å². The van der Waals surface area contributed by atoms with E-state index in [1.165, 1.54) is 13.2 Å². The highest BCUT2D eigenvalue weighted by atomic mass is 19.1. The maximum absolute atomic E-state index is 13.6. The molecule has 1 aliphatic rings. The molecule has 2 aromatic rings. The van der Waals surface area contributed by atoms with E-state index < -0.39 is 11.9 Å². The molecule has 5 heteroatoms. The van der Waals surface area contributed by atoms with Crippen molar-refractivity contribution in [2.24, 2.45) is 0 Å². The number of methoxy groups -OCH3 is 1. The highest BCUT2D eigenvalue weighted by molar-refractivity contribution is 5.44. The fraction of sp³-hybridized carbons (Fsp3) is 0.250. The van der Waals surface area contributed by atoms with Gasteiger partial charge in [0.2, 0.25) is 0 Å². The Balaban J connectivity index is 1.69. The monoisotopic (exact) mass is 290 g/mol. The van der Waals surface area contributed by atoms with Crippen LogP contribution in [0.3, 0.4) is 0 Å². The molecule has 0 saturated heterocycles. The number of aliphatic hydroxyl groups is 1. The van der Waals surface area contributed by atoms with E-state index in [0.717, 1.165) is 5.56 Å². The second-order valence-corrected chi connectivity index (χ2v) is 4.78. The Bertz CT molecular complexity index is 657. The summed E-state index contributed by atoms with van der Waals surface area (Å²) in [6, 6.07) is 9.96. The lowest BCUT2D eigenvalue weighted by Crippen LogP contribution is -1.98. The van der Waals surface area contributed by atoms with Crippen LogP contribution in [0.2, 0.25) is 0 Å². The SMILES string of the molecule is COc1ccc(COc2ccc3c(c2)OCC3O)cc1F. The molecule has 1 N–H and O–H groups in total. The zero-order valence-corrected chi connectivity index (χ0v) is 11.5. The molecule has 0 saturated carbocycles. The average Bonchev–Trinajstić information content (AvgIpc) is 2.86. The van der Waals surface area contributed by atoms with Gasteiger partial charge >= 0.3 is 0 Å². The third-order valence-corrected chi connectivity index (χ3v) is 3.36. The van der Waals surface area contributed by atoms with E-state index in [0.29, 0.717) is 17.1 Å². The highest BCUT2D eigenvalue weighted by Crippen LogP contribution is 2.35. The molecule has 0 amide bonds. The van der Waals surface area contributed by atoms with Crippen LogP contribution in [0.5, 0.6) is 17.2 Å². The van der Waals surface area contributed by atoms with Crippen molar-refractivity contribution in [3.05, 3.63) is 53.3 Å². The van der Waals surface area contributed by atoms with Crippen LogP contribution in [0, 0.1) is 5.82 Å². The van der Waals surface area contributed by atoms with E-state index >= 15 is 0 Å². The number of ether oxygens (including phenoxy) is 3. The van der Waals surface area contributed by atoms with Gasteiger partial charge in [0, 0.05) is 11.6 Å². The normalized spacial score (nSPS) is 16.2. The lowest BCUT2D eigenvalue weighted by Gasteiger charge is -2.09. The molecule has 1 aliphatic heterocycles. The molecule has 0 aromatic heterocycles. The van der Waals surface area contributed by atoms with Crippen LogP contribution in [0.4, 0.5) is 4.39 Å². The van der Waals surface area contributed by atoms with Gasteiger partial charge in [0.1, 0.15) is 30.8 Å². The number of rotatable bonds is 4. The van der Waals surface area contributed by atoms with Crippen molar-refractivity contribution < 1.29 is 23.7 Å². The molecule has 1 heterocycles. The third kappa shape index (κ3) is 2.78. The minimum absolute atomic E-state index is 0.207. The lowest BCUT2D eigenvalue weighted by molar-refractivity contribution is 0.140. The number of fused-ring (bicyclic) bond motifs is 1. The van der Waals surface area contributed by atoms with Gasteiger partial charge in [0.25, 0.3) is 0 Å². The van der Waals surface area contributed by atoms with Crippen LogP contribution in [0.25, 0.3) is 0 Å². The Morgan fingerprint density at radius 2 is 2.14 bits per heavy atom. The largest absolute Gasteiger partial charge is 0.494 e. The summed E-state index contributed by atoms with van der Waals surface area (Å²) < 4.78 is 29.4. The van der Waals surface area contributed by atoms with Crippen LogP contribution in [0.1, 0.15) is 17.2 Å². The predicted molar refractivity (Wildman–Crippen MR) is 74.2 cm³/mol. The maximum atomic E-state index is 13.6. The zero-order valence-electron chi connectivity index (χ0n) is 11.5. The number of hydrogen-bond donors (Lipinski definition) is 1. The third-order valence-electron chi connectivity index (χ3n) is 3.36. The average molecular weight is 290 g/mol. The molecule has 1 unspecified atom stereocenters. The summed E-state index contributed by atoms with van der Waals surface area (Å²) in [7, 11) is 1.42. The Morgan fingerprint density at radius 1 is 1.29 bits per heavy atom. The van der Waals surface area contributed by atoms with E-state index in [1.54, 1.807) is 30.3 Å². The van der Waals surface area contributed by atoms with Crippen molar-refractivity contribution in [2.75, 3.05) is 13.7 Å². The van der Waals surface area contributed by atoms with Gasteiger partial charge in [-0.2, -0.15) is 0 Å². The quantitative estimate of drug-likeness (QED) is 0.940. The first-order valence-corrected chi connectivity index (χ1v) is 6.57. The second-order valence-electron chi connectivity index (χ2n) is 4.78. The van der Waals surface area contributed by atoms with Crippen molar-refractivity contribution in [1.82, 2.24) is 0 Å². The van der Waals surface area contributed by atoms with Gasteiger partial charge in [0.05, 0.1) is 7.11 Å². The first-order valence-electron chi connectivity index (χ1n) is 6.57. The first kappa shape index (κ1) is 13.7. The molecule has 4 nitrogen and oxygen atoms in total. The summed E-state index contributed by atoms with van der Waals surface area (Å²) in [5.74, 6) is 1.03. The van der Waals surface area contributed by atoms with E-state index in [4.69, 9.17) is 14.2 Å². The summed E-state index contributed by atoms with van der Waals surface area (Å²) in [6.07, 6.45) is -0.579. The van der Waals surface area contributed by atoms with Crippen molar-refractivity contribution in [3.63, 3.8) is 0 Å². The standard InChI is InChI=1S/C16H15FO4/c1-19-15-5-2-10(6-13(15)17)8-20-11-3-4-12-14(18)9-21-16(12)7-11/h2-7,14,18H,8-9H2,1H3. The number of hydrogen-bond acceptors (Lipinski definition) is 4. The zero-order chi connectivity index (χ0) is 14.8. The molecular formula is C16H15FO4. The van der Waals surface area contributed by atoms with Gasteiger partial charge in [-0.15, -0.1) is 0 Å². The molecule has 0 bridgehead atoms. The second kappa shape index (κ2) is 5.61. The molecule has 21 heavy (non-hydrogen) atoms. The van der Waals surface area contributed by atoms with Crippen LogP contribution >= 0.6 is 0 Å². The van der Waals surface area contributed by atoms with Gasteiger partial charge in [-0.3, -0.25) is 0 Å². The van der Waals surface area contributed by atoms with Crippen molar-refractivity contribution >= 4 is 0 Å². The number of halogens is 1. The van der Waals surface area contributed by atoms with Crippen molar-refractivity contribution in [2.45, 2.75) is 12.7 Å². The minimum Gasteiger partial charge on any atom is -0.494 e. The summed E-state index contributed by atoms with van der Waals surface area (Å²) in [5, 5.41) is 9.64. The van der Waals surface area contributed by atoms with Gasteiger partial charge in [-0.25, -0.2) is 4.39 Å². The summed E-state index contributed by atoms with van der Waals surface area (Å²) >= 11 is 0. The smallest absolute Gasteiger partial charge is 0.165 e. The van der Waals surface area contributed by atoms with E-state index in [1.807, 2.05) is 0 Å². The van der Waals surface area contributed by atoms with E-state index in [-0.39, 0.29) is 19.0 Å². The Kier molecular flexibility index (Phi) is 3.66. The van der Waals surface area contributed by atoms with Crippen molar-refractivity contribution in [3.8, 4) is 17.2 Å². The first-order chi connectivity index (χ1) is 10.2. The Morgan fingerprint density at radius 3 is 2.90 bits per heavy atom.